The van der Waals surface area contributed by atoms with E-state index in [4.69, 9.17) is 4.74 Å². The van der Waals surface area contributed by atoms with Gasteiger partial charge in [0.1, 0.15) is 5.69 Å². The van der Waals surface area contributed by atoms with Gasteiger partial charge in [-0.1, -0.05) is 18.2 Å². The lowest BCUT2D eigenvalue weighted by molar-refractivity contribution is 0.0932. The van der Waals surface area contributed by atoms with Crippen LogP contribution in [-0.2, 0) is 11.2 Å². The average molecular weight is 311 g/mol. The monoisotopic (exact) mass is 311 g/mol. The van der Waals surface area contributed by atoms with Gasteiger partial charge in [0, 0.05) is 25.4 Å². The molecule has 0 radical (unpaired) electrons. The molecule has 1 aromatic carbocycles. The van der Waals surface area contributed by atoms with Gasteiger partial charge < -0.3 is 15.0 Å². The smallest absolute Gasteiger partial charge is 0.269 e. The van der Waals surface area contributed by atoms with E-state index in [2.05, 4.69) is 46.4 Å². The zero-order valence-electron chi connectivity index (χ0n) is 13.5. The van der Waals surface area contributed by atoms with E-state index in [1.807, 2.05) is 6.07 Å². The first-order valence-electron chi connectivity index (χ1n) is 7.81. The Balaban J connectivity index is 1.76. The van der Waals surface area contributed by atoms with Crippen LogP contribution in [0.3, 0.4) is 0 Å². The third-order valence-corrected chi connectivity index (χ3v) is 4.06. The van der Waals surface area contributed by atoms with Crippen molar-refractivity contribution in [3.05, 3.63) is 53.9 Å². The first kappa shape index (κ1) is 15.5. The van der Waals surface area contributed by atoms with Crippen molar-refractivity contribution < 1.29 is 9.53 Å². The number of benzene rings is 1. The summed E-state index contributed by atoms with van der Waals surface area (Å²) in [7, 11) is 1.61. The van der Waals surface area contributed by atoms with Crippen molar-refractivity contribution in [2.45, 2.75) is 19.4 Å². The summed E-state index contributed by atoms with van der Waals surface area (Å²) in [4.78, 5) is 18.6. The second kappa shape index (κ2) is 6.79. The minimum absolute atomic E-state index is 0.177. The second-order valence-electron chi connectivity index (χ2n) is 5.70. The summed E-state index contributed by atoms with van der Waals surface area (Å²) in [6.45, 7) is 3.17. The molecule has 1 amide bonds. The number of hydrogen-bond donors (Lipinski definition) is 1. The Bertz CT molecular complexity index is 685. The normalized spacial score (nSPS) is 16.3. The van der Waals surface area contributed by atoms with Crippen LogP contribution >= 0.6 is 0 Å². The van der Waals surface area contributed by atoms with Gasteiger partial charge >= 0.3 is 0 Å². The molecular formula is C18H21N3O2. The van der Waals surface area contributed by atoms with Crippen LogP contribution in [-0.4, -0.2) is 37.2 Å². The van der Waals surface area contributed by atoms with E-state index in [9.17, 15) is 4.79 Å². The van der Waals surface area contributed by atoms with Crippen LogP contribution in [0.2, 0.25) is 0 Å². The van der Waals surface area contributed by atoms with Gasteiger partial charge in [0.15, 0.2) is 0 Å². The number of pyridine rings is 1. The number of anilines is 2. The fourth-order valence-electron chi connectivity index (χ4n) is 2.98. The van der Waals surface area contributed by atoms with Crippen molar-refractivity contribution in [1.82, 2.24) is 10.3 Å². The molecule has 1 N–H and O–H groups in total. The quantitative estimate of drug-likeness (QED) is 0.862. The van der Waals surface area contributed by atoms with Crippen LogP contribution in [0, 0.1) is 0 Å². The Morgan fingerprint density at radius 3 is 2.91 bits per heavy atom. The maximum Gasteiger partial charge on any atom is 0.269 e. The molecule has 0 fully saturated rings. The number of rotatable bonds is 5. The van der Waals surface area contributed by atoms with E-state index in [0.29, 0.717) is 24.9 Å². The van der Waals surface area contributed by atoms with E-state index in [-0.39, 0.29) is 5.91 Å². The number of nitrogens with zero attached hydrogens (tertiary/aromatic N) is 2. The summed E-state index contributed by atoms with van der Waals surface area (Å²) < 4.78 is 4.92. The lowest BCUT2D eigenvalue weighted by Crippen LogP contribution is -2.28. The van der Waals surface area contributed by atoms with E-state index in [1.54, 1.807) is 19.4 Å². The van der Waals surface area contributed by atoms with Gasteiger partial charge in [0.25, 0.3) is 5.91 Å². The Hall–Kier alpha value is -2.40. The van der Waals surface area contributed by atoms with Crippen LogP contribution in [0.4, 0.5) is 11.4 Å². The summed E-state index contributed by atoms with van der Waals surface area (Å²) in [6.07, 6.45) is 2.79. The average Bonchev–Trinajstić information content (AvgIpc) is 2.91. The summed E-state index contributed by atoms with van der Waals surface area (Å²) in [5.41, 5.74) is 4.00. The number of methoxy groups -OCH3 is 1. The van der Waals surface area contributed by atoms with Crippen molar-refractivity contribution in [2.24, 2.45) is 0 Å². The minimum atomic E-state index is -0.177. The van der Waals surface area contributed by atoms with E-state index in [1.165, 1.54) is 11.3 Å². The molecule has 0 aliphatic carbocycles. The first-order chi connectivity index (χ1) is 11.2. The molecule has 0 saturated heterocycles. The third-order valence-electron chi connectivity index (χ3n) is 4.06. The van der Waals surface area contributed by atoms with Crippen molar-refractivity contribution >= 4 is 17.3 Å². The highest BCUT2D eigenvalue weighted by molar-refractivity contribution is 5.92. The fraction of sp³-hybridized carbons (Fsp3) is 0.333. The minimum Gasteiger partial charge on any atom is -0.383 e. The number of aromatic nitrogens is 1. The van der Waals surface area contributed by atoms with Crippen molar-refractivity contribution in [1.29, 1.82) is 0 Å². The number of hydrogen-bond acceptors (Lipinski definition) is 4. The van der Waals surface area contributed by atoms with Gasteiger partial charge in [-0.3, -0.25) is 4.79 Å². The molecule has 1 aliphatic heterocycles. The van der Waals surface area contributed by atoms with E-state index >= 15 is 0 Å². The zero-order valence-corrected chi connectivity index (χ0v) is 13.5. The molecule has 2 aromatic rings. The molecule has 1 atom stereocenters. The summed E-state index contributed by atoms with van der Waals surface area (Å²) in [5.74, 6) is -0.177. The van der Waals surface area contributed by atoms with Gasteiger partial charge in [-0.15, -0.1) is 0 Å². The Kier molecular flexibility index (Phi) is 4.57. The number of para-hydroxylation sites is 1. The van der Waals surface area contributed by atoms with Crippen molar-refractivity contribution in [3.8, 4) is 0 Å². The van der Waals surface area contributed by atoms with Gasteiger partial charge in [-0.25, -0.2) is 4.98 Å². The number of ether oxygens (including phenoxy) is 1. The SMILES string of the molecule is COCCNC(=O)c1ccc(N2c3ccccc3CC2C)cn1. The maximum atomic E-state index is 12.0. The molecule has 1 aliphatic rings. The van der Waals surface area contributed by atoms with E-state index in [0.717, 1.165) is 12.1 Å². The Morgan fingerprint density at radius 2 is 2.17 bits per heavy atom. The molecule has 120 valence electrons. The van der Waals surface area contributed by atoms with Crippen LogP contribution in [0.15, 0.2) is 42.6 Å². The van der Waals surface area contributed by atoms with Crippen LogP contribution < -0.4 is 10.2 Å². The maximum absolute atomic E-state index is 12.0. The number of carbonyl (C=O) groups excluding carboxylic acids is 1. The predicted octanol–water partition coefficient (Wildman–Crippen LogP) is 2.54. The Labute approximate surface area is 136 Å². The topological polar surface area (TPSA) is 54.5 Å². The summed E-state index contributed by atoms with van der Waals surface area (Å²) in [6, 6.07) is 12.5. The fourth-order valence-corrected chi connectivity index (χ4v) is 2.98. The van der Waals surface area contributed by atoms with Crippen LogP contribution in [0.5, 0.6) is 0 Å². The number of amides is 1. The number of nitrogens with one attached hydrogen (secondary N) is 1. The molecule has 0 spiro atoms. The molecular weight excluding hydrogens is 290 g/mol. The lowest BCUT2D eigenvalue weighted by Gasteiger charge is -2.24. The predicted molar refractivity (Wildman–Crippen MR) is 90.2 cm³/mol. The summed E-state index contributed by atoms with van der Waals surface area (Å²) >= 11 is 0. The molecule has 0 saturated carbocycles. The van der Waals surface area contributed by atoms with Gasteiger partial charge in [0.05, 0.1) is 18.5 Å². The molecule has 5 nitrogen and oxygen atoms in total. The van der Waals surface area contributed by atoms with Crippen LogP contribution in [0.1, 0.15) is 23.0 Å². The van der Waals surface area contributed by atoms with Crippen molar-refractivity contribution in [2.75, 3.05) is 25.2 Å². The highest BCUT2D eigenvalue weighted by Gasteiger charge is 2.26. The third kappa shape index (κ3) is 3.19. The molecule has 1 unspecified atom stereocenters. The first-order valence-corrected chi connectivity index (χ1v) is 7.81. The zero-order chi connectivity index (χ0) is 16.2. The van der Waals surface area contributed by atoms with Gasteiger partial charge in [-0.05, 0) is 37.1 Å². The standard InChI is InChI=1S/C18H21N3O2/c1-13-11-14-5-3-4-6-17(14)21(13)15-7-8-16(20-12-15)18(22)19-9-10-23-2/h3-8,12-13H,9-11H2,1-2H3,(H,19,22). The number of carbonyl (C=O) groups is 1. The lowest BCUT2D eigenvalue weighted by atomic mass is 10.1. The van der Waals surface area contributed by atoms with Gasteiger partial charge in [0.2, 0.25) is 0 Å². The van der Waals surface area contributed by atoms with Crippen LogP contribution in [0.25, 0.3) is 0 Å². The highest BCUT2D eigenvalue weighted by Crippen LogP contribution is 2.37. The molecule has 2 heterocycles. The summed E-state index contributed by atoms with van der Waals surface area (Å²) in [5, 5.41) is 2.77. The Morgan fingerprint density at radius 1 is 1.35 bits per heavy atom. The highest BCUT2D eigenvalue weighted by atomic mass is 16.5. The number of fused-ring (bicyclic) bond motifs is 1. The molecule has 0 bridgehead atoms. The molecule has 5 heteroatoms. The molecule has 23 heavy (non-hydrogen) atoms. The van der Waals surface area contributed by atoms with Crippen molar-refractivity contribution in [3.63, 3.8) is 0 Å². The largest absolute Gasteiger partial charge is 0.383 e. The van der Waals surface area contributed by atoms with Gasteiger partial charge in [-0.2, -0.15) is 0 Å². The van der Waals surface area contributed by atoms with E-state index < -0.39 is 0 Å². The second-order valence-corrected chi connectivity index (χ2v) is 5.70. The molecule has 1 aromatic heterocycles. The molecule has 3 rings (SSSR count).